The van der Waals surface area contributed by atoms with Crippen LogP contribution in [0.15, 0.2) is 41.9 Å². The van der Waals surface area contributed by atoms with Gasteiger partial charge in [0.15, 0.2) is 11.0 Å². The Bertz CT molecular complexity index is 1050. The first-order chi connectivity index (χ1) is 15.2. The number of benzene rings is 1. The molecule has 0 spiro atoms. The largest absolute Gasteiger partial charge is 0.378 e. The molecule has 0 amide bonds. The van der Waals surface area contributed by atoms with Crippen LogP contribution in [0.25, 0.3) is 5.82 Å². The van der Waals surface area contributed by atoms with Gasteiger partial charge in [-0.2, -0.15) is 4.98 Å². The smallest absolute Gasteiger partial charge is 0.247 e. The zero-order valence-electron chi connectivity index (χ0n) is 17.7. The molecule has 0 bridgehead atoms. The highest BCUT2D eigenvalue weighted by atomic mass is 32.2. The quantitative estimate of drug-likeness (QED) is 0.459. The van der Waals surface area contributed by atoms with Crippen molar-refractivity contribution in [3.63, 3.8) is 0 Å². The molecule has 0 atom stereocenters. The molecule has 0 unspecified atom stereocenters. The summed E-state index contributed by atoms with van der Waals surface area (Å²) in [5.41, 5.74) is 3.41. The maximum absolute atomic E-state index is 5.34. The van der Waals surface area contributed by atoms with Gasteiger partial charge >= 0.3 is 0 Å². The molecule has 2 aliphatic heterocycles. The van der Waals surface area contributed by atoms with Crippen LogP contribution >= 0.6 is 11.8 Å². The molecule has 164 valence electrons. The van der Waals surface area contributed by atoms with E-state index in [0.29, 0.717) is 23.0 Å². The maximum Gasteiger partial charge on any atom is 0.247 e. The molecule has 0 aliphatic carbocycles. The van der Waals surface area contributed by atoms with E-state index in [1.165, 1.54) is 23.0 Å². The number of anilines is 3. The molecule has 0 saturated carbocycles. The van der Waals surface area contributed by atoms with Crippen molar-refractivity contribution in [1.29, 1.82) is 0 Å². The zero-order chi connectivity index (χ0) is 21.2. The lowest BCUT2D eigenvalue weighted by Gasteiger charge is -2.43. The van der Waals surface area contributed by atoms with Gasteiger partial charge in [0.2, 0.25) is 5.95 Å². The molecule has 2 aromatic heterocycles. The molecule has 1 aromatic carbocycles. The summed E-state index contributed by atoms with van der Waals surface area (Å²) in [6.07, 6.45) is 5.34. The lowest BCUT2D eigenvalue weighted by molar-refractivity contribution is -0.0660. The Morgan fingerprint density at radius 1 is 1.13 bits per heavy atom. The Kier molecular flexibility index (Phi) is 5.75. The Labute approximate surface area is 187 Å². The molecule has 3 aromatic rings. The summed E-state index contributed by atoms with van der Waals surface area (Å²) in [5.74, 6) is 1.23. The second-order valence-corrected chi connectivity index (χ2v) is 8.58. The predicted octanol–water partition coefficient (Wildman–Crippen LogP) is 2.60. The molecule has 31 heavy (non-hydrogen) atoms. The van der Waals surface area contributed by atoms with Crippen LogP contribution in [0.2, 0.25) is 0 Å². The lowest BCUT2D eigenvalue weighted by atomic mass is 10.1. The number of thioether (sulfide) groups is 1. The molecule has 2 saturated heterocycles. The maximum atomic E-state index is 5.34. The number of nitrogens with zero attached hydrogens (tertiary/aromatic N) is 7. The van der Waals surface area contributed by atoms with Gasteiger partial charge in [0, 0.05) is 51.2 Å². The molecular weight excluding hydrogens is 412 g/mol. The van der Waals surface area contributed by atoms with Gasteiger partial charge in [-0.3, -0.25) is 4.90 Å². The van der Waals surface area contributed by atoms with Gasteiger partial charge in [-0.25, -0.2) is 14.6 Å². The standard InChI is InChI=1S/C21H26N8OS.H2/c1-15-9-16(11-17(10-15)27-5-7-28(8-6-27)18-12-30-13-18)24-20-23-14-29(26-20)19-3-4-22-21(25-19)31-2;/h3-4,9-11,14,18H,5-8,12-13H2,1-2H3,(H,24,26);1H. The number of piperazine rings is 1. The monoisotopic (exact) mass is 440 g/mol. The number of hydrogen-bond donors (Lipinski definition) is 1. The van der Waals surface area contributed by atoms with Gasteiger partial charge in [0.1, 0.15) is 6.33 Å². The van der Waals surface area contributed by atoms with Crippen LogP contribution in [0, 0.1) is 6.92 Å². The van der Waals surface area contributed by atoms with Gasteiger partial charge in [-0.15, -0.1) is 5.10 Å². The van der Waals surface area contributed by atoms with E-state index in [1.54, 1.807) is 17.2 Å². The fraction of sp³-hybridized carbons (Fsp3) is 0.429. The van der Waals surface area contributed by atoms with Crippen LogP contribution in [-0.4, -0.2) is 81.3 Å². The average molecular weight is 441 g/mol. The molecule has 0 radical (unpaired) electrons. The van der Waals surface area contributed by atoms with Crippen molar-refractivity contribution in [2.24, 2.45) is 0 Å². The third-order valence-corrected chi connectivity index (χ3v) is 6.22. The SMILES string of the molecule is CSc1nccc(-n2cnc(Nc3cc(C)cc(N4CCN(C5COC5)CC4)c3)n2)n1.[HH]. The molecule has 5 rings (SSSR count). The number of aromatic nitrogens is 5. The Morgan fingerprint density at radius 2 is 1.97 bits per heavy atom. The topological polar surface area (TPSA) is 84.2 Å². The Morgan fingerprint density at radius 3 is 2.71 bits per heavy atom. The lowest BCUT2D eigenvalue weighted by Crippen LogP contribution is -2.56. The molecule has 2 fully saturated rings. The zero-order valence-corrected chi connectivity index (χ0v) is 18.5. The van der Waals surface area contributed by atoms with Crippen molar-refractivity contribution < 1.29 is 6.16 Å². The van der Waals surface area contributed by atoms with Crippen LogP contribution in [0.1, 0.15) is 6.99 Å². The predicted molar refractivity (Wildman–Crippen MR) is 124 cm³/mol. The molecule has 1 N–H and O–H groups in total. The van der Waals surface area contributed by atoms with Crippen LogP contribution in [0.4, 0.5) is 17.3 Å². The van der Waals surface area contributed by atoms with Crippen molar-refractivity contribution in [2.45, 2.75) is 18.1 Å². The number of nitrogens with one attached hydrogen (secondary N) is 1. The van der Waals surface area contributed by atoms with Crippen molar-refractivity contribution in [3.8, 4) is 5.82 Å². The minimum Gasteiger partial charge on any atom is -0.378 e. The van der Waals surface area contributed by atoms with E-state index < -0.39 is 0 Å². The molecule has 9 nitrogen and oxygen atoms in total. The summed E-state index contributed by atoms with van der Waals surface area (Å²) in [6.45, 7) is 8.09. The number of hydrogen-bond acceptors (Lipinski definition) is 9. The Balaban J connectivity index is 0.00000245. The molecule has 2 aliphatic rings. The van der Waals surface area contributed by atoms with Crippen LogP contribution in [0.3, 0.4) is 0 Å². The molecule has 10 heteroatoms. The van der Waals surface area contributed by atoms with Crippen LogP contribution < -0.4 is 10.2 Å². The number of aryl methyl sites for hydroxylation is 1. The van der Waals surface area contributed by atoms with E-state index in [0.717, 1.165) is 45.1 Å². The highest BCUT2D eigenvalue weighted by Gasteiger charge is 2.29. The van der Waals surface area contributed by atoms with Crippen molar-refractivity contribution in [1.82, 2.24) is 29.6 Å². The highest BCUT2D eigenvalue weighted by Crippen LogP contribution is 2.26. The minimum absolute atomic E-state index is 0. The normalized spacial score (nSPS) is 17.5. The van der Waals surface area contributed by atoms with Gasteiger partial charge in [0.05, 0.1) is 19.3 Å². The minimum atomic E-state index is 0. The number of rotatable bonds is 6. The molecule has 4 heterocycles. The van der Waals surface area contributed by atoms with Crippen LogP contribution in [-0.2, 0) is 4.74 Å². The average Bonchev–Trinajstić information content (AvgIpc) is 3.21. The van der Waals surface area contributed by atoms with E-state index in [4.69, 9.17) is 4.74 Å². The summed E-state index contributed by atoms with van der Waals surface area (Å²) >= 11 is 1.50. The first-order valence-corrected chi connectivity index (χ1v) is 11.6. The first-order valence-electron chi connectivity index (χ1n) is 10.4. The van der Waals surface area contributed by atoms with E-state index in [1.807, 2.05) is 12.3 Å². The summed E-state index contributed by atoms with van der Waals surface area (Å²) in [7, 11) is 0. The van der Waals surface area contributed by atoms with Crippen molar-refractivity contribution >= 4 is 29.1 Å². The molecular formula is C21H28N8OS. The summed E-state index contributed by atoms with van der Waals surface area (Å²) < 4.78 is 7.00. The van der Waals surface area contributed by atoms with Gasteiger partial charge in [-0.1, -0.05) is 11.8 Å². The first kappa shape index (κ1) is 20.2. The summed E-state index contributed by atoms with van der Waals surface area (Å²) in [5, 5.41) is 8.58. The third kappa shape index (κ3) is 4.51. The summed E-state index contributed by atoms with van der Waals surface area (Å²) in [6, 6.07) is 8.96. The van der Waals surface area contributed by atoms with Crippen LogP contribution in [0.5, 0.6) is 0 Å². The van der Waals surface area contributed by atoms with E-state index in [-0.39, 0.29) is 1.43 Å². The second kappa shape index (κ2) is 8.81. The number of ether oxygens (including phenoxy) is 1. The fourth-order valence-electron chi connectivity index (χ4n) is 3.91. The van der Waals surface area contributed by atoms with Gasteiger partial charge in [-0.05, 0) is 36.9 Å². The van der Waals surface area contributed by atoms with Gasteiger partial charge < -0.3 is 15.0 Å². The third-order valence-electron chi connectivity index (χ3n) is 5.66. The Hall–Kier alpha value is -2.69. The summed E-state index contributed by atoms with van der Waals surface area (Å²) in [4.78, 5) is 18.1. The fourth-order valence-corrected chi connectivity index (χ4v) is 4.27. The highest BCUT2D eigenvalue weighted by molar-refractivity contribution is 7.98. The van der Waals surface area contributed by atoms with E-state index in [2.05, 4.69) is 60.3 Å². The van der Waals surface area contributed by atoms with Crippen molar-refractivity contribution in [3.05, 3.63) is 42.4 Å². The van der Waals surface area contributed by atoms with Crippen molar-refractivity contribution in [2.75, 3.05) is 55.9 Å². The van der Waals surface area contributed by atoms with E-state index in [9.17, 15) is 0 Å². The second-order valence-electron chi connectivity index (χ2n) is 7.81. The van der Waals surface area contributed by atoms with E-state index >= 15 is 0 Å². The van der Waals surface area contributed by atoms with Gasteiger partial charge in [0.25, 0.3) is 0 Å².